The number of carbonyl (C=O) groups is 1. The van der Waals surface area contributed by atoms with Crippen molar-refractivity contribution in [1.29, 1.82) is 0 Å². The van der Waals surface area contributed by atoms with Gasteiger partial charge in [-0.2, -0.15) is 0 Å². The maximum Gasteiger partial charge on any atom is 0.239 e. The van der Waals surface area contributed by atoms with Crippen molar-refractivity contribution in [3.05, 3.63) is 24.0 Å². The number of nitrogens with zero attached hydrogens (tertiary/aromatic N) is 2. The third kappa shape index (κ3) is 3.11. The Balaban J connectivity index is 1.88. The number of aromatic nitrogens is 1. The van der Waals surface area contributed by atoms with Gasteiger partial charge >= 0.3 is 0 Å². The van der Waals surface area contributed by atoms with Crippen molar-refractivity contribution in [1.82, 2.24) is 20.1 Å². The minimum atomic E-state index is -0.0351. The smallest absolute Gasteiger partial charge is 0.239 e. The maximum absolute atomic E-state index is 12.3. The van der Waals surface area contributed by atoms with Gasteiger partial charge in [-0.3, -0.25) is 9.69 Å². The van der Waals surface area contributed by atoms with Gasteiger partial charge in [-0.05, 0) is 19.1 Å². The van der Waals surface area contributed by atoms with Crippen LogP contribution in [0.25, 0.3) is 0 Å². The molecule has 1 aromatic rings. The molecule has 1 atom stereocenters. The number of hydrogen-bond donors (Lipinski definition) is 2. The molecule has 0 aliphatic carbocycles. The van der Waals surface area contributed by atoms with Crippen molar-refractivity contribution >= 4 is 5.91 Å². The van der Waals surface area contributed by atoms with Crippen molar-refractivity contribution in [3.63, 3.8) is 0 Å². The monoisotopic (exact) mass is 250 g/mol. The molecule has 1 saturated heterocycles. The molecule has 0 radical (unpaired) electrons. The van der Waals surface area contributed by atoms with E-state index < -0.39 is 0 Å². The van der Waals surface area contributed by atoms with Gasteiger partial charge < -0.3 is 15.2 Å². The number of hydrogen-bond acceptors (Lipinski definition) is 3. The summed E-state index contributed by atoms with van der Waals surface area (Å²) in [5.41, 5.74) is 1.07. The second-order valence-electron chi connectivity index (χ2n) is 4.85. The van der Waals surface area contributed by atoms with Gasteiger partial charge in [-0.15, -0.1) is 0 Å². The van der Waals surface area contributed by atoms with Crippen molar-refractivity contribution in [3.8, 4) is 0 Å². The summed E-state index contributed by atoms with van der Waals surface area (Å²) in [4.78, 5) is 19.5. The van der Waals surface area contributed by atoms with Crippen LogP contribution in [0.5, 0.6) is 0 Å². The summed E-state index contributed by atoms with van der Waals surface area (Å²) >= 11 is 0. The molecule has 0 aromatic carbocycles. The van der Waals surface area contributed by atoms with E-state index in [1.165, 1.54) is 0 Å². The van der Waals surface area contributed by atoms with E-state index in [-0.39, 0.29) is 11.9 Å². The highest BCUT2D eigenvalue weighted by molar-refractivity contribution is 5.81. The van der Waals surface area contributed by atoms with Crippen LogP contribution in [0.15, 0.2) is 18.3 Å². The normalized spacial score (nSPS) is 18.6. The van der Waals surface area contributed by atoms with Gasteiger partial charge in [-0.1, -0.05) is 0 Å². The van der Waals surface area contributed by atoms with Crippen LogP contribution in [-0.2, 0) is 11.3 Å². The summed E-state index contributed by atoms with van der Waals surface area (Å²) in [6, 6.07) is 3.92. The number of aromatic amines is 1. The van der Waals surface area contributed by atoms with E-state index in [9.17, 15) is 4.79 Å². The molecule has 2 heterocycles. The van der Waals surface area contributed by atoms with Crippen LogP contribution in [0.3, 0.4) is 0 Å². The summed E-state index contributed by atoms with van der Waals surface area (Å²) in [5, 5.41) is 3.30. The van der Waals surface area contributed by atoms with E-state index in [4.69, 9.17) is 0 Å². The van der Waals surface area contributed by atoms with Crippen molar-refractivity contribution in [2.45, 2.75) is 19.5 Å². The van der Waals surface area contributed by atoms with Gasteiger partial charge in [0.1, 0.15) is 0 Å². The number of piperazine rings is 1. The topological polar surface area (TPSA) is 51.4 Å². The number of rotatable bonds is 4. The van der Waals surface area contributed by atoms with Crippen LogP contribution >= 0.6 is 0 Å². The van der Waals surface area contributed by atoms with Crippen LogP contribution < -0.4 is 5.32 Å². The largest absolute Gasteiger partial charge is 0.364 e. The first-order valence-electron chi connectivity index (χ1n) is 6.50. The number of H-pyrrole nitrogens is 1. The van der Waals surface area contributed by atoms with E-state index in [0.717, 1.165) is 31.9 Å². The van der Waals surface area contributed by atoms with E-state index in [1.807, 2.05) is 32.3 Å². The van der Waals surface area contributed by atoms with Crippen molar-refractivity contribution in [2.24, 2.45) is 0 Å². The summed E-state index contributed by atoms with van der Waals surface area (Å²) in [7, 11) is 1.86. The van der Waals surface area contributed by atoms with Gasteiger partial charge in [0.25, 0.3) is 0 Å². The molecular formula is C13H22N4O. The Hall–Kier alpha value is -1.33. The predicted molar refractivity (Wildman–Crippen MR) is 71.2 cm³/mol. The van der Waals surface area contributed by atoms with E-state index >= 15 is 0 Å². The molecule has 0 spiro atoms. The molecule has 1 aliphatic rings. The number of nitrogens with one attached hydrogen (secondary N) is 2. The maximum atomic E-state index is 12.3. The van der Waals surface area contributed by atoms with Gasteiger partial charge in [0.05, 0.1) is 12.6 Å². The fourth-order valence-corrected chi connectivity index (χ4v) is 2.34. The minimum Gasteiger partial charge on any atom is -0.364 e. The molecule has 1 amide bonds. The highest BCUT2D eigenvalue weighted by Crippen LogP contribution is 2.07. The van der Waals surface area contributed by atoms with E-state index in [2.05, 4.69) is 15.2 Å². The fourth-order valence-electron chi connectivity index (χ4n) is 2.34. The lowest BCUT2D eigenvalue weighted by Crippen LogP contribution is -2.52. The highest BCUT2D eigenvalue weighted by Gasteiger charge is 2.25. The molecular weight excluding hydrogens is 228 g/mol. The quantitative estimate of drug-likeness (QED) is 0.806. The van der Waals surface area contributed by atoms with Crippen LogP contribution in [0.4, 0.5) is 0 Å². The minimum absolute atomic E-state index is 0.0351. The first-order valence-corrected chi connectivity index (χ1v) is 6.50. The average Bonchev–Trinajstić information content (AvgIpc) is 2.91. The molecule has 18 heavy (non-hydrogen) atoms. The summed E-state index contributed by atoms with van der Waals surface area (Å²) < 4.78 is 0. The molecule has 5 nitrogen and oxygen atoms in total. The van der Waals surface area contributed by atoms with Crippen LogP contribution in [0, 0.1) is 0 Å². The Kier molecular flexibility index (Phi) is 4.38. The lowest BCUT2D eigenvalue weighted by molar-refractivity contribution is -0.135. The molecule has 0 bridgehead atoms. The molecule has 1 aromatic heterocycles. The van der Waals surface area contributed by atoms with Gasteiger partial charge in [-0.25, -0.2) is 0 Å². The van der Waals surface area contributed by atoms with Crippen LogP contribution in [-0.4, -0.2) is 60.0 Å². The molecule has 2 N–H and O–H groups in total. The Labute approximate surface area is 108 Å². The number of amides is 1. The van der Waals surface area contributed by atoms with Crippen LogP contribution in [0.1, 0.15) is 12.6 Å². The molecule has 0 saturated carbocycles. The Morgan fingerprint density at radius 2 is 2.22 bits per heavy atom. The zero-order valence-corrected chi connectivity index (χ0v) is 11.1. The second-order valence-corrected chi connectivity index (χ2v) is 4.85. The van der Waals surface area contributed by atoms with E-state index in [1.54, 1.807) is 4.90 Å². The first-order chi connectivity index (χ1) is 8.68. The zero-order chi connectivity index (χ0) is 13.0. The summed E-state index contributed by atoms with van der Waals surface area (Å²) in [6.07, 6.45) is 1.88. The average molecular weight is 250 g/mol. The standard InChI is InChI=1S/C13H22N4O/c1-11(17-8-6-14-7-9-17)13(18)16(2)10-12-4-3-5-15-12/h3-5,11,14-15H,6-10H2,1-2H3. The lowest BCUT2D eigenvalue weighted by atomic mass is 10.2. The van der Waals surface area contributed by atoms with Gasteiger partial charge in [0, 0.05) is 45.1 Å². The molecule has 1 unspecified atom stereocenters. The third-order valence-electron chi connectivity index (χ3n) is 3.50. The number of carbonyl (C=O) groups excluding carboxylic acids is 1. The first kappa shape index (κ1) is 13.1. The molecule has 100 valence electrons. The Bertz CT molecular complexity index is 370. The zero-order valence-electron chi connectivity index (χ0n) is 11.1. The second kappa shape index (κ2) is 6.02. The molecule has 5 heteroatoms. The fraction of sp³-hybridized carbons (Fsp3) is 0.615. The SMILES string of the molecule is CC(C(=O)N(C)Cc1ccc[nH]1)N1CCNCC1. The lowest BCUT2D eigenvalue weighted by Gasteiger charge is -2.33. The Morgan fingerprint density at radius 1 is 1.50 bits per heavy atom. The van der Waals surface area contributed by atoms with Crippen molar-refractivity contribution < 1.29 is 4.79 Å². The Morgan fingerprint density at radius 3 is 2.83 bits per heavy atom. The molecule has 1 fully saturated rings. The van der Waals surface area contributed by atoms with Gasteiger partial charge in [0.2, 0.25) is 5.91 Å². The molecule has 2 rings (SSSR count). The van der Waals surface area contributed by atoms with Crippen molar-refractivity contribution in [2.75, 3.05) is 33.2 Å². The van der Waals surface area contributed by atoms with Gasteiger partial charge in [0.15, 0.2) is 0 Å². The highest BCUT2D eigenvalue weighted by atomic mass is 16.2. The van der Waals surface area contributed by atoms with E-state index in [0.29, 0.717) is 6.54 Å². The summed E-state index contributed by atoms with van der Waals surface area (Å²) in [6.45, 7) is 6.48. The molecule has 1 aliphatic heterocycles. The summed E-state index contributed by atoms with van der Waals surface area (Å²) in [5.74, 6) is 0.187. The third-order valence-corrected chi connectivity index (χ3v) is 3.50. The number of likely N-dealkylation sites (N-methyl/N-ethyl adjacent to an activating group) is 1. The predicted octanol–water partition coefficient (Wildman–Crippen LogP) is 0.267. The van der Waals surface area contributed by atoms with Crippen LogP contribution in [0.2, 0.25) is 0 Å².